The molecule has 0 aromatic heterocycles. The summed E-state index contributed by atoms with van der Waals surface area (Å²) < 4.78 is 5.32. The summed E-state index contributed by atoms with van der Waals surface area (Å²) in [7, 11) is 0. The van der Waals surface area contributed by atoms with Crippen LogP contribution in [-0.2, 0) is 9.59 Å². The highest BCUT2D eigenvalue weighted by Gasteiger charge is 2.10. The number of ether oxygens (including phenoxy) is 1. The monoisotopic (exact) mass is 307 g/mol. The van der Waals surface area contributed by atoms with Crippen LogP contribution in [0, 0.1) is 0 Å². The van der Waals surface area contributed by atoms with Gasteiger partial charge in [0.1, 0.15) is 5.75 Å². The van der Waals surface area contributed by atoms with Gasteiger partial charge in [0.15, 0.2) is 6.61 Å². The fourth-order valence-corrected chi connectivity index (χ4v) is 1.61. The number of amides is 4. The quantitative estimate of drug-likeness (QED) is 0.667. The molecule has 7 nitrogen and oxygen atoms in total. The van der Waals surface area contributed by atoms with Crippen molar-refractivity contribution in [2.75, 3.05) is 18.5 Å². The number of nitrogens with one attached hydrogen (secondary N) is 3. The largest absolute Gasteiger partial charge is 0.482 e. The number of hydrogen-bond donors (Lipinski definition) is 3. The number of hydrogen-bond acceptors (Lipinski definition) is 4. The summed E-state index contributed by atoms with van der Waals surface area (Å²) >= 11 is 0. The van der Waals surface area contributed by atoms with Gasteiger partial charge in [-0.05, 0) is 18.6 Å². The molecule has 0 unspecified atom stereocenters. The Balaban J connectivity index is 2.44. The van der Waals surface area contributed by atoms with Crippen molar-refractivity contribution in [3.05, 3.63) is 24.3 Å². The van der Waals surface area contributed by atoms with E-state index in [1.54, 1.807) is 24.3 Å². The standard InChI is InChI=1S/C15H21N3O4/c1-3-4-9-16-15(21)18-14(20)10-22-13-8-6-5-7-12(13)17-11(2)19/h5-8H,3-4,9-10H2,1-2H3,(H,17,19)(H2,16,18,20,21). The topological polar surface area (TPSA) is 96.5 Å². The van der Waals surface area contributed by atoms with Crippen LogP contribution in [0.1, 0.15) is 26.7 Å². The lowest BCUT2D eigenvalue weighted by Gasteiger charge is -2.11. The third kappa shape index (κ3) is 6.74. The predicted octanol–water partition coefficient (Wildman–Crippen LogP) is 1.65. The first-order valence-electron chi connectivity index (χ1n) is 7.10. The minimum Gasteiger partial charge on any atom is -0.482 e. The van der Waals surface area contributed by atoms with E-state index in [1.165, 1.54) is 6.92 Å². The molecule has 0 spiro atoms. The van der Waals surface area contributed by atoms with Gasteiger partial charge in [-0.25, -0.2) is 4.79 Å². The highest BCUT2D eigenvalue weighted by atomic mass is 16.5. The summed E-state index contributed by atoms with van der Waals surface area (Å²) in [5, 5.41) is 7.33. The second kappa shape index (κ2) is 9.38. The fourth-order valence-electron chi connectivity index (χ4n) is 1.61. The molecular weight excluding hydrogens is 286 g/mol. The first-order valence-corrected chi connectivity index (χ1v) is 7.10. The number of anilines is 1. The third-order valence-electron chi connectivity index (χ3n) is 2.63. The van der Waals surface area contributed by atoms with Crippen LogP contribution in [0.3, 0.4) is 0 Å². The molecule has 0 aliphatic heterocycles. The van der Waals surface area contributed by atoms with Gasteiger partial charge in [0, 0.05) is 13.5 Å². The summed E-state index contributed by atoms with van der Waals surface area (Å²) in [6.45, 7) is 3.58. The SMILES string of the molecule is CCCCNC(=O)NC(=O)COc1ccccc1NC(C)=O. The van der Waals surface area contributed by atoms with Crippen LogP contribution in [0.25, 0.3) is 0 Å². The molecule has 0 atom stereocenters. The number of carbonyl (C=O) groups is 3. The summed E-state index contributed by atoms with van der Waals surface area (Å²) in [6, 6.07) is 6.19. The molecule has 7 heteroatoms. The van der Waals surface area contributed by atoms with Gasteiger partial charge in [-0.2, -0.15) is 0 Å². The van der Waals surface area contributed by atoms with Crippen LogP contribution in [0.15, 0.2) is 24.3 Å². The molecule has 0 fully saturated rings. The van der Waals surface area contributed by atoms with E-state index < -0.39 is 11.9 Å². The van der Waals surface area contributed by atoms with Crippen LogP contribution < -0.4 is 20.7 Å². The molecule has 0 heterocycles. The maximum Gasteiger partial charge on any atom is 0.321 e. The van der Waals surface area contributed by atoms with Crippen LogP contribution >= 0.6 is 0 Å². The normalized spacial score (nSPS) is 9.73. The van der Waals surface area contributed by atoms with Crippen LogP contribution in [-0.4, -0.2) is 31.0 Å². The van der Waals surface area contributed by atoms with Crippen LogP contribution in [0.2, 0.25) is 0 Å². The lowest BCUT2D eigenvalue weighted by Crippen LogP contribution is -2.41. The Hall–Kier alpha value is -2.57. The van der Waals surface area contributed by atoms with Gasteiger partial charge >= 0.3 is 6.03 Å². The Bertz CT molecular complexity index is 531. The Kier molecular flexibility index (Phi) is 7.45. The third-order valence-corrected chi connectivity index (χ3v) is 2.63. The molecule has 1 rings (SSSR count). The van der Waals surface area contributed by atoms with Crippen molar-refractivity contribution in [2.45, 2.75) is 26.7 Å². The van der Waals surface area contributed by atoms with Crippen molar-refractivity contribution in [1.82, 2.24) is 10.6 Å². The van der Waals surface area contributed by atoms with E-state index >= 15 is 0 Å². The maximum atomic E-state index is 11.6. The summed E-state index contributed by atoms with van der Waals surface area (Å²) in [5.41, 5.74) is 0.468. The van der Waals surface area contributed by atoms with Crippen molar-refractivity contribution in [1.29, 1.82) is 0 Å². The zero-order valence-electron chi connectivity index (χ0n) is 12.8. The Morgan fingerprint density at radius 3 is 2.59 bits per heavy atom. The second-order valence-electron chi connectivity index (χ2n) is 4.62. The van der Waals surface area contributed by atoms with E-state index in [4.69, 9.17) is 4.74 Å². The van der Waals surface area contributed by atoms with E-state index in [-0.39, 0.29) is 12.5 Å². The van der Waals surface area contributed by atoms with Gasteiger partial charge in [-0.1, -0.05) is 25.5 Å². The molecule has 120 valence electrons. The average molecular weight is 307 g/mol. The van der Waals surface area contributed by atoms with Crippen molar-refractivity contribution in [2.24, 2.45) is 0 Å². The number of urea groups is 1. The lowest BCUT2D eigenvalue weighted by molar-refractivity contribution is -0.122. The number of carbonyl (C=O) groups excluding carboxylic acids is 3. The van der Waals surface area contributed by atoms with Gasteiger partial charge in [-0.3, -0.25) is 14.9 Å². The summed E-state index contributed by atoms with van der Waals surface area (Å²) in [5.74, 6) is -0.443. The van der Waals surface area contributed by atoms with Gasteiger partial charge < -0.3 is 15.4 Å². The zero-order chi connectivity index (χ0) is 16.4. The minimum atomic E-state index is -0.563. The van der Waals surface area contributed by atoms with Crippen molar-refractivity contribution >= 4 is 23.5 Å². The van der Waals surface area contributed by atoms with Gasteiger partial charge in [0.2, 0.25) is 5.91 Å². The highest BCUT2D eigenvalue weighted by molar-refractivity contribution is 5.95. The lowest BCUT2D eigenvalue weighted by atomic mass is 10.3. The number of unbranched alkanes of at least 4 members (excludes halogenated alkanes) is 1. The van der Waals surface area contributed by atoms with E-state index in [2.05, 4.69) is 16.0 Å². The van der Waals surface area contributed by atoms with Crippen LogP contribution in [0.4, 0.5) is 10.5 Å². The molecule has 0 bridgehead atoms. The number of benzene rings is 1. The van der Waals surface area contributed by atoms with Gasteiger partial charge in [0.05, 0.1) is 5.69 Å². The molecule has 0 saturated heterocycles. The number of imide groups is 1. The Morgan fingerprint density at radius 1 is 1.18 bits per heavy atom. The fraction of sp³-hybridized carbons (Fsp3) is 0.400. The number of rotatable bonds is 7. The van der Waals surface area contributed by atoms with E-state index in [9.17, 15) is 14.4 Å². The predicted molar refractivity (Wildman–Crippen MR) is 82.7 cm³/mol. The van der Waals surface area contributed by atoms with Crippen LogP contribution in [0.5, 0.6) is 5.75 Å². The molecule has 0 aliphatic rings. The number of para-hydroxylation sites is 2. The van der Waals surface area contributed by atoms with E-state index in [1.807, 2.05) is 6.92 Å². The maximum absolute atomic E-state index is 11.6. The first kappa shape index (κ1) is 17.5. The molecule has 0 radical (unpaired) electrons. The first-order chi connectivity index (χ1) is 10.5. The second-order valence-corrected chi connectivity index (χ2v) is 4.62. The van der Waals surface area contributed by atoms with Crippen molar-refractivity contribution < 1.29 is 19.1 Å². The molecule has 22 heavy (non-hydrogen) atoms. The summed E-state index contributed by atoms with van der Waals surface area (Å²) in [6.07, 6.45) is 1.81. The summed E-state index contributed by atoms with van der Waals surface area (Å²) in [4.78, 5) is 34.1. The van der Waals surface area contributed by atoms with Gasteiger partial charge in [-0.15, -0.1) is 0 Å². The Labute approximate surface area is 129 Å². The molecule has 4 amide bonds. The Morgan fingerprint density at radius 2 is 1.91 bits per heavy atom. The molecular formula is C15H21N3O4. The molecule has 0 aliphatic carbocycles. The smallest absolute Gasteiger partial charge is 0.321 e. The molecule has 1 aromatic rings. The zero-order valence-corrected chi connectivity index (χ0v) is 12.8. The highest BCUT2D eigenvalue weighted by Crippen LogP contribution is 2.23. The molecule has 1 aromatic carbocycles. The average Bonchev–Trinajstić information content (AvgIpc) is 2.46. The van der Waals surface area contributed by atoms with Crippen molar-refractivity contribution in [3.8, 4) is 5.75 Å². The molecule has 0 saturated carbocycles. The molecule has 3 N–H and O–H groups in total. The van der Waals surface area contributed by atoms with E-state index in [0.717, 1.165) is 12.8 Å². The van der Waals surface area contributed by atoms with E-state index in [0.29, 0.717) is 18.0 Å². The minimum absolute atomic E-state index is 0.240. The van der Waals surface area contributed by atoms with Crippen molar-refractivity contribution in [3.63, 3.8) is 0 Å². The van der Waals surface area contributed by atoms with Gasteiger partial charge in [0.25, 0.3) is 5.91 Å².